The number of pyridine rings is 1. The molecule has 0 saturated carbocycles. The number of nitriles is 1. The SMILES string of the molecule is N#Cc1cccc(CNc2cc(N)ccn2)c1. The smallest absolute Gasteiger partial charge is 0.128 e. The van der Waals surface area contributed by atoms with Crippen molar-refractivity contribution in [1.82, 2.24) is 4.98 Å². The van der Waals surface area contributed by atoms with Crippen LogP contribution < -0.4 is 11.1 Å². The zero-order chi connectivity index (χ0) is 12.1. The molecule has 1 aromatic heterocycles. The van der Waals surface area contributed by atoms with Crippen molar-refractivity contribution >= 4 is 11.5 Å². The third kappa shape index (κ3) is 2.95. The van der Waals surface area contributed by atoms with Gasteiger partial charge in [0, 0.05) is 24.5 Å². The minimum atomic E-state index is 0.617. The summed E-state index contributed by atoms with van der Waals surface area (Å²) in [6, 6.07) is 13.1. The van der Waals surface area contributed by atoms with Gasteiger partial charge in [-0.2, -0.15) is 5.26 Å². The first-order chi connectivity index (χ1) is 8.28. The number of anilines is 2. The van der Waals surface area contributed by atoms with E-state index >= 15 is 0 Å². The number of hydrogen-bond acceptors (Lipinski definition) is 4. The minimum Gasteiger partial charge on any atom is -0.399 e. The molecule has 0 amide bonds. The Labute approximate surface area is 99.7 Å². The molecule has 0 aliphatic rings. The van der Waals surface area contributed by atoms with Gasteiger partial charge >= 0.3 is 0 Å². The fraction of sp³-hybridized carbons (Fsp3) is 0.0769. The van der Waals surface area contributed by atoms with Gasteiger partial charge in [0.1, 0.15) is 5.82 Å². The molecule has 0 saturated heterocycles. The van der Waals surface area contributed by atoms with Gasteiger partial charge in [-0.1, -0.05) is 12.1 Å². The van der Waals surface area contributed by atoms with Gasteiger partial charge in [-0.25, -0.2) is 4.98 Å². The molecular weight excluding hydrogens is 212 g/mol. The van der Waals surface area contributed by atoms with Gasteiger partial charge in [-0.05, 0) is 23.8 Å². The summed E-state index contributed by atoms with van der Waals surface area (Å²) in [4.78, 5) is 4.14. The molecule has 0 aliphatic carbocycles. The van der Waals surface area contributed by atoms with Crippen LogP contribution in [0.15, 0.2) is 42.6 Å². The second-order valence-corrected chi connectivity index (χ2v) is 3.64. The van der Waals surface area contributed by atoms with Crippen molar-refractivity contribution in [3.05, 3.63) is 53.7 Å². The van der Waals surface area contributed by atoms with E-state index in [4.69, 9.17) is 11.0 Å². The molecule has 0 fully saturated rings. The summed E-state index contributed by atoms with van der Waals surface area (Å²) in [7, 11) is 0. The van der Waals surface area contributed by atoms with Crippen LogP contribution in [0.4, 0.5) is 11.5 Å². The molecule has 2 rings (SSSR count). The average molecular weight is 224 g/mol. The maximum Gasteiger partial charge on any atom is 0.128 e. The Balaban J connectivity index is 2.05. The number of nitrogen functional groups attached to an aromatic ring is 1. The van der Waals surface area contributed by atoms with Crippen molar-refractivity contribution in [2.75, 3.05) is 11.1 Å². The molecule has 17 heavy (non-hydrogen) atoms. The van der Waals surface area contributed by atoms with Gasteiger partial charge in [-0.3, -0.25) is 0 Å². The lowest BCUT2D eigenvalue weighted by molar-refractivity contribution is 1.11. The Bertz CT molecular complexity index is 557. The van der Waals surface area contributed by atoms with E-state index in [1.807, 2.05) is 18.2 Å². The third-order valence-corrected chi connectivity index (χ3v) is 2.31. The highest BCUT2D eigenvalue weighted by molar-refractivity contribution is 5.48. The largest absolute Gasteiger partial charge is 0.399 e. The molecule has 1 heterocycles. The van der Waals surface area contributed by atoms with Crippen molar-refractivity contribution in [3.8, 4) is 6.07 Å². The lowest BCUT2D eigenvalue weighted by Crippen LogP contribution is -2.02. The van der Waals surface area contributed by atoms with Gasteiger partial charge in [-0.15, -0.1) is 0 Å². The number of nitrogens with two attached hydrogens (primary N) is 1. The molecule has 0 spiro atoms. The van der Waals surface area contributed by atoms with E-state index < -0.39 is 0 Å². The van der Waals surface area contributed by atoms with Crippen molar-refractivity contribution in [2.45, 2.75) is 6.54 Å². The number of benzene rings is 1. The molecule has 0 aliphatic heterocycles. The van der Waals surface area contributed by atoms with Gasteiger partial charge in [0.2, 0.25) is 0 Å². The first-order valence-electron chi connectivity index (χ1n) is 5.22. The first-order valence-corrected chi connectivity index (χ1v) is 5.22. The molecule has 4 heteroatoms. The van der Waals surface area contributed by atoms with Crippen LogP contribution in [0.1, 0.15) is 11.1 Å². The van der Waals surface area contributed by atoms with Gasteiger partial charge in [0.25, 0.3) is 0 Å². The average Bonchev–Trinajstić information content (AvgIpc) is 2.37. The summed E-state index contributed by atoms with van der Waals surface area (Å²) >= 11 is 0. The standard InChI is InChI=1S/C13H12N4/c14-8-10-2-1-3-11(6-10)9-17-13-7-12(15)4-5-16-13/h1-7H,9H2,(H3,15,16,17). The van der Waals surface area contributed by atoms with E-state index in [-0.39, 0.29) is 0 Å². The number of rotatable bonds is 3. The Hall–Kier alpha value is -2.54. The number of nitrogens with zero attached hydrogens (tertiary/aromatic N) is 2. The Morgan fingerprint density at radius 3 is 2.94 bits per heavy atom. The van der Waals surface area contributed by atoms with Crippen molar-refractivity contribution < 1.29 is 0 Å². The Kier molecular flexibility index (Phi) is 3.22. The fourth-order valence-electron chi connectivity index (χ4n) is 1.49. The van der Waals surface area contributed by atoms with Crippen LogP contribution in [0.5, 0.6) is 0 Å². The Morgan fingerprint density at radius 2 is 2.18 bits per heavy atom. The van der Waals surface area contributed by atoms with Gasteiger partial charge in [0.05, 0.1) is 11.6 Å². The Morgan fingerprint density at radius 1 is 1.29 bits per heavy atom. The molecule has 84 valence electrons. The first kappa shape index (κ1) is 11.0. The summed E-state index contributed by atoms with van der Waals surface area (Å²) in [5.41, 5.74) is 8.02. The topological polar surface area (TPSA) is 74.7 Å². The quantitative estimate of drug-likeness (QED) is 0.837. The van der Waals surface area contributed by atoms with E-state index in [9.17, 15) is 0 Å². The number of hydrogen-bond donors (Lipinski definition) is 2. The zero-order valence-corrected chi connectivity index (χ0v) is 9.22. The lowest BCUT2D eigenvalue weighted by atomic mass is 10.1. The van der Waals surface area contributed by atoms with Crippen LogP contribution in [0.25, 0.3) is 0 Å². The second-order valence-electron chi connectivity index (χ2n) is 3.64. The highest BCUT2D eigenvalue weighted by atomic mass is 15.0. The van der Waals surface area contributed by atoms with E-state index in [1.165, 1.54) is 0 Å². The fourth-order valence-corrected chi connectivity index (χ4v) is 1.49. The van der Waals surface area contributed by atoms with Crippen molar-refractivity contribution in [2.24, 2.45) is 0 Å². The van der Waals surface area contributed by atoms with E-state index in [2.05, 4.69) is 16.4 Å². The van der Waals surface area contributed by atoms with Crippen LogP contribution in [0.3, 0.4) is 0 Å². The summed E-state index contributed by atoms with van der Waals surface area (Å²) in [5, 5.41) is 11.9. The number of aromatic nitrogens is 1. The maximum absolute atomic E-state index is 8.78. The van der Waals surface area contributed by atoms with Crippen LogP contribution in [-0.2, 0) is 6.54 Å². The zero-order valence-electron chi connectivity index (χ0n) is 9.22. The molecule has 3 N–H and O–H groups in total. The van der Waals surface area contributed by atoms with Gasteiger partial charge < -0.3 is 11.1 Å². The summed E-state index contributed by atoms with van der Waals surface area (Å²) in [6.07, 6.45) is 1.66. The molecule has 0 bridgehead atoms. The normalized spacial score (nSPS) is 9.59. The van der Waals surface area contributed by atoms with Crippen LogP contribution in [0, 0.1) is 11.3 Å². The molecular formula is C13H12N4. The van der Waals surface area contributed by atoms with E-state index in [0.717, 1.165) is 11.4 Å². The highest BCUT2D eigenvalue weighted by Crippen LogP contribution is 2.10. The highest BCUT2D eigenvalue weighted by Gasteiger charge is 1.97. The minimum absolute atomic E-state index is 0.617. The molecule has 4 nitrogen and oxygen atoms in total. The van der Waals surface area contributed by atoms with E-state index in [0.29, 0.717) is 17.8 Å². The maximum atomic E-state index is 8.78. The van der Waals surface area contributed by atoms with Crippen molar-refractivity contribution in [3.63, 3.8) is 0 Å². The molecule has 0 atom stereocenters. The van der Waals surface area contributed by atoms with Crippen LogP contribution in [-0.4, -0.2) is 4.98 Å². The summed E-state index contributed by atoms with van der Waals surface area (Å²) < 4.78 is 0. The van der Waals surface area contributed by atoms with Crippen LogP contribution in [0.2, 0.25) is 0 Å². The molecule has 2 aromatic rings. The van der Waals surface area contributed by atoms with Crippen molar-refractivity contribution in [1.29, 1.82) is 5.26 Å². The predicted molar refractivity (Wildman–Crippen MR) is 67.1 cm³/mol. The predicted octanol–water partition coefficient (Wildman–Crippen LogP) is 2.15. The lowest BCUT2D eigenvalue weighted by Gasteiger charge is -2.06. The monoisotopic (exact) mass is 224 g/mol. The molecule has 1 aromatic carbocycles. The van der Waals surface area contributed by atoms with E-state index in [1.54, 1.807) is 24.4 Å². The number of nitrogens with one attached hydrogen (secondary N) is 1. The molecule has 0 radical (unpaired) electrons. The second kappa shape index (κ2) is 4.99. The molecule has 0 unspecified atom stereocenters. The van der Waals surface area contributed by atoms with Gasteiger partial charge in [0.15, 0.2) is 0 Å². The summed E-state index contributed by atoms with van der Waals surface area (Å²) in [5.74, 6) is 0.729. The third-order valence-electron chi connectivity index (χ3n) is 2.31. The summed E-state index contributed by atoms with van der Waals surface area (Å²) in [6.45, 7) is 0.617. The van der Waals surface area contributed by atoms with Crippen LogP contribution >= 0.6 is 0 Å².